The van der Waals surface area contributed by atoms with Gasteiger partial charge in [-0.2, -0.15) is 0 Å². The zero-order chi connectivity index (χ0) is 101. The summed E-state index contributed by atoms with van der Waals surface area (Å²) in [6.45, 7) is 16.2. The number of aromatic nitrogens is 4. The molecule has 718 valence electrons. The van der Waals surface area contributed by atoms with Crippen LogP contribution in [-0.2, 0) is 25.0 Å². The lowest BCUT2D eigenvalue weighted by Gasteiger charge is -2.32. The molecule has 0 unspecified atom stereocenters. The Morgan fingerprint density at radius 2 is 0.438 bits per heavy atom. The quantitative estimate of drug-likeness (QED) is 0.132. The van der Waals surface area contributed by atoms with E-state index >= 15 is 0 Å². The fraction of sp³-hybridized carbons (Fsp3) is 0.102. The molecule has 0 spiro atoms. The Balaban J connectivity index is 0.000000114. The minimum absolute atomic E-state index is 0.240. The molecule has 0 bridgehead atoms. The standard InChI is InChI=1S/C48H32N2.C24H16BrN.C18H11Br2N.C13H10.C12H24B2O4.C6H7BO2.C6H3Br2F/c1-3-15-33(16-4-1)35-27-37(31-39(29-35)49-45-23-11-7-19-41(45)42-20-8-12-24-46(42)49)38-28-36(34-17-5-2-6-18-34)30-40(32-38)50-47-25-13-9-21-43(47)44-22-10-14-26-48(44)50;25-19-14-18(17-8-2-1-3-9-17)15-20(16-19)26-23-12-6-4-10-21(23)22-11-5-7-13-24(22)26;19-12-9-13(20)11-14(10-12)21-17-7-3-1-5-15(17)16-6-2-4-8-18(16)21;1-3-7-12-10(5-1)9-11-6-2-4-8-13(11)12;1-9(2)10(3,4)16-13(15-9)14-17-11(5,6)12(7,8)18-14;8-7(9)6-4-2-1-3-5-6;7-4-1-5(8)3-6(9)2-4/h1-32H;1-16H;1-11H;1-8H,9H2;1-8H3;1-5,8-9H;1-3H. The Morgan fingerprint density at radius 3 is 0.699 bits per heavy atom. The minimum atomic E-state index is -1.34. The number of rotatable bonds is 10. The van der Waals surface area contributed by atoms with Gasteiger partial charge in [0.1, 0.15) is 5.82 Å². The van der Waals surface area contributed by atoms with Crippen molar-refractivity contribution in [2.75, 3.05) is 0 Å². The van der Waals surface area contributed by atoms with Gasteiger partial charge in [0, 0.05) is 88.2 Å². The molecule has 0 amide bonds. The monoisotopic (exact) mass is 2230 g/mol. The summed E-state index contributed by atoms with van der Waals surface area (Å²) in [5.41, 5.74) is 28.7. The fourth-order valence-electron chi connectivity index (χ4n) is 19.6. The number of benzene rings is 19. The largest absolute Gasteiger partial charge is 0.488 e. The van der Waals surface area contributed by atoms with E-state index in [1.165, 1.54) is 166 Å². The molecular formula is C127H103B3Br5FN4O6. The number of para-hydroxylation sites is 8. The van der Waals surface area contributed by atoms with Crippen molar-refractivity contribution in [3.05, 3.63) is 494 Å². The van der Waals surface area contributed by atoms with E-state index in [4.69, 9.17) is 28.7 Å². The summed E-state index contributed by atoms with van der Waals surface area (Å²) < 4.78 is 50.4. The predicted molar refractivity (Wildman–Crippen MR) is 626 cm³/mol. The Morgan fingerprint density at radius 1 is 0.233 bits per heavy atom. The zero-order valence-corrected chi connectivity index (χ0v) is 89.8. The summed E-state index contributed by atoms with van der Waals surface area (Å²) in [6, 6.07) is 159. The summed E-state index contributed by atoms with van der Waals surface area (Å²) >= 11 is 17.2. The molecule has 2 fully saturated rings. The van der Waals surface area contributed by atoms with Crippen LogP contribution in [0.15, 0.2) is 477 Å². The Kier molecular flexibility index (Phi) is 29.4. The van der Waals surface area contributed by atoms with Gasteiger partial charge in [0.25, 0.3) is 0 Å². The van der Waals surface area contributed by atoms with Crippen LogP contribution in [0.5, 0.6) is 0 Å². The number of nitrogens with zero attached hydrogens (tertiary/aromatic N) is 4. The molecule has 0 atom stereocenters. The van der Waals surface area contributed by atoms with Gasteiger partial charge in [-0.15, -0.1) is 0 Å². The van der Waals surface area contributed by atoms with E-state index in [1.807, 2.05) is 61.5 Å². The molecule has 10 nitrogen and oxygen atoms in total. The maximum absolute atomic E-state index is 12.4. The molecule has 2 aliphatic heterocycles. The molecule has 2 saturated heterocycles. The van der Waals surface area contributed by atoms with Gasteiger partial charge in [-0.3, -0.25) is 0 Å². The molecule has 1 aliphatic carbocycles. The predicted octanol–water partition coefficient (Wildman–Crippen LogP) is 34.6. The van der Waals surface area contributed by atoms with Crippen LogP contribution < -0.4 is 5.46 Å². The van der Waals surface area contributed by atoms with Gasteiger partial charge in [-0.25, -0.2) is 4.39 Å². The van der Waals surface area contributed by atoms with E-state index in [-0.39, 0.29) is 28.2 Å². The maximum Gasteiger partial charge on any atom is 0.488 e. The normalized spacial score (nSPS) is 13.8. The van der Waals surface area contributed by atoms with Crippen LogP contribution >= 0.6 is 79.6 Å². The summed E-state index contributed by atoms with van der Waals surface area (Å²) in [5, 5.41) is 27.3. The first-order valence-corrected chi connectivity index (χ1v) is 52.7. The van der Waals surface area contributed by atoms with Crippen molar-refractivity contribution < 1.29 is 33.1 Å². The third-order valence-corrected chi connectivity index (χ3v) is 30.3. The molecule has 4 aromatic heterocycles. The summed E-state index contributed by atoms with van der Waals surface area (Å²) in [7, 11) is -2.29. The first-order chi connectivity index (χ1) is 70.7. The topological polar surface area (TPSA) is 97.1 Å². The molecule has 6 heterocycles. The second-order valence-corrected chi connectivity index (χ2v) is 43.1. The van der Waals surface area contributed by atoms with Crippen LogP contribution in [0, 0.1) is 5.82 Å². The zero-order valence-electron chi connectivity index (χ0n) is 81.8. The molecule has 19 aromatic carbocycles. The molecule has 26 rings (SSSR count). The molecule has 146 heavy (non-hydrogen) atoms. The second-order valence-electron chi connectivity index (χ2n) is 38.6. The maximum atomic E-state index is 12.4. The average molecular weight is 2230 g/mol. The third-order valence-electron chi connectivity index (χ3n) is 28.0. The second kappa shape index (κ2) is 43.0. The summed E-state index contributed by atoms with van der Waals surface area (Å²) in [6.07, 6.45) is 1.10. The first kappa shape index (κ1) is 100.0. The van der Waals surface area contributed by atoms with E-state index < -0.39 is 21.1 Å². The molecular weight excluding hydrogens is 2130 g/mol. The van der Waals surface area contributed by atoms with Crippen LogP contribution in [0.3, 0.4) is 0 Å². The van der Waals surface area contributed by atoms with Crippen LogP contribution in [0.2, 0.25) is 0 Å². The first-order valence-electron chi connectivity index (χ1n) is 48.7. The molecule has 2 N–H and O–H groups in total. The van der Waals surface area contributed by atoms with Crippen LogP contribution in [0.25, 0.3) is 166 Å². The molecule has 23 aromatic rings. The van der Waals surface area contributed by atoms with Gasteiger partial charge < -0.3 is 46.9 Å². The lowest BCUT2D eigenvalue weighted by atomic mass is 9.49. The van der Waals surface area contributed by atoms with Crippen molar-refractivity contribution in [2.45, 2.75) is 84.2 Å². The lowest BCUT2D eigenvalue weighted by molar-refractivity contribution is 0.00578. The van der Waals surface area contributed by atoms with E-state index in [0.29, 0.717) is 5.46 Å². The molecule has 3 aliphatic rings. The van der Waals surface area contributed by atoms with Crippen LogP contribution in [0.1, 0.15) is 66.5 Å². The van der Waals surface area contributed by atoms with Crippen molar-refractivity contribution in [1.82, 2.24) is 18.3 Å². The van der Waals surface area contributed by atoms with Gasteiger partial charge in [0.15, 0.2) is 0 Å². The SMILES string of the molecule is Brc1cc(-c2ccccc2)cc(-n2c3ccccc3c3ccccc32)c1.Brc1cc(Br)cc(-n2c3ccccc3c3ccccc32)c1.CC1(C)OB(B2OC(C)(C)C(C)(C)O2)OC1(C)C.Fc1cc(Br)cc(Br)c1.OB(O)c1ccccc1.c1ccc(-c2cc(-c3cc(-c4ccccc4)cc(-n4c5ccccc5c5ccccc54)c3)cc(-n3c4ccccc4c4ccccc43)c2)cc1.c1ccc2c(c1)Cc1ccccc1-2. The highest BCUT2D eigenvalue weighted by molar-refractivity contribution is 9.11. The van der Waals surface area contributed by atoms with Gasteiger partial charge in [0.2, 0.25) is 0 Å². The highest BCUT2D eigenvalue weighted by atomic mass is 79.9. The Hall–Kier alpha value is -13.3. The van der Waals surface area contributed by atoms with Gasteiger partial charge in [0.05, 0.1) is 66.5 Å². The summed E-state index contributed by atoms with van der Waals surface area (Å²) in [4.78, 5) is 0. The van der Waals surface area contributed by atoms with Gasteiger partial charge in [-0.1, -0.05) is 395 Å². The fourth-order valence-corrected chi connectivity index (χ4v) is 22.6. The number of hydrogen-bond acceptors (Lipinski definition) is 6. The lowest BCUT2D eigenvalue weighted by Crippen LogP contribution is -2.41. The highest BCUT2D eigenvalue weighted by Crippen LogP contribution is 2.47. The van der Waals surface area contributed by atoms with Crippen molar-refractivity contribution in [1.29, 1.82) is 0 Å². The van der Waals surface area contributed by atoms with Crippen molar-refractivity contribution in [3.8, 4) is 78.4 Å². The third kappa shape index (κ3) is 21.1. The van der Waals surface area contributed by atoms with Gasteiger partial charge >= 0.3 is 21.1 Å². The average Bonchev–Trinajstić information content (AvgIpc) is 1.61. The molecule has 0 radical (unpaired) electrons. The van der Waals surface area contributed by atoms with E-state index in [1.54, 1.807) is 30.3 Å². The number of halogens is 6. The number of hydrogen-bond donors (Lipinski definition) is 2. The highest BCUT2D eigenvalue weighted by Gasteiger charge is 2.64. The van der Waals surface area contributed by atoms with E-state index in [9.17, 15) is 4.39 Å². The Bertz CT molecular complexity index is 8120. The van der Waals surface area contributed by atoms with Crippen LogP contribution in [0.4, 0.5) is 4.39 Å². The minimum Gasteiger partial charge on any atom is -0.423 e. The number of fused-ring (bicyclic) bond motifs is 15. The Labute approximate surface area is 893 Å². The van der Waals surface area contributed by atoms with Crippen molar-refractivity contribution >= 4 is 193 Å². The van der Waals surface area contributed by atoms with E-state index in [2.05, 4.69) is 504 Å². The van der Waals surface area contributed by atoms with Gasteiger partial charge in [-0.05, 0) is 274 Å². The van der Waals surface area contributed by atoms with Crippen molar-refractivity contribution in [2.24, 2.45) is 0 Å². The van der Waals surface area contributed by atoms with Crippen LogP contribution in [-0.4, -0.2) is 71.9 Å². The molecule has 19 heteroatoms. The summed E-state index contributed by atoms with van der Waals surface area (Å²) in [5.74, 6) is -0.240. The smallest absolute Gasteiger partial charge is 0.423 e. The molecule has 0 saturated carbocycles. The van der Waals surface area contributed by atoms with Crippen molar-refractivity contribution in [3.63, 3.8) is 0 Å². The van der Waals surface area contributed by atoms with E-state index in [0.717, 1.165) is 51.5 Å².